The highest BCUT2D eigenvalue weighted by Crippen LogP contribution is 2.09. The fourth-order valence-corrected chi connectivity index (χ4v) is 2.01. The Kier molecular flexibility index (Phi) is 6.12. The number of likely N-dealkylation sites (tertiary alicyclic amines) is 1. The van der Waals surface area contributed by atoms with Gasteiger partial charge in [-0.15, -0.1) is 0 Å². The minimum atomic E-state index is -0.144. The normalized spacial score (nSPS) is 17.3. The van der Waals surface area contributed by atoms with Gasteiger partial charge in [-0.1, -0.05) is 6.92 Å². The van der Waals surface area contributed by atoms with Crippen LogP contribution in [-0.4, -0.2) is 60.9 Å². The first-order valence-corrected chi connectivity index (χ1v) is 6.82. The van der Waals surface area contributed by atoms with Crippen LogP contribution < -0.4 is 5.32 Å². The van der Waals surface area contributed by atoms with Crippen LogP contribution >= 0.6 is 0 Å². The Morgan fingerprint density at radius 3 is 2.83 bits per heavy atom. The van der Waals surface area contributed by atoms with Crippen LogP contribution in [-0.2, 0) is 9.59 Å². The lowest BCUT2D eigenvalue weighted by Gasteiger charge is -2.26. The van der Waals surface area contributed by atoms with Gasteiger partial charge in [-0.25, -0.2) is 0 Å². The molecule has 0 bridgehead atoms. The van der Waals surface area contributed by atoms with Crippen molar-refractivity contribution < 1.29 is 9.59 Å². The van der Waals surface area contributed by atoms with Crippen LogP contribution in [0.1, 0.15) is 33.1 Å². The van der Waals surface area contributed by atoms with E-state index in [0.717, 1.165) is 39.0 Å². The smallest absolute Gasteiger partial charge is 0.237 e. The van der Waals surface area contributed by atoms with Gasteiger partial charge in [0, 0.05) is 32.6 Å². The Balaban J connectivity index is 2.28. The largest absolute Gasteiger partial charge is 0.355 e. The molecule has 0 spiro atoms. The summed E-state index contributed by atoms with van der Waals surface area (Å²) in [4.78, 5) is 27.1. The van der Waals surface area contributed by atoms with Crippen molar-refractivity contribution >= 4 is 11.8 Å². The number of rotatable bonds is 7. The van der Waals surface area contributed by atoms with Gasteiger partial charge in [-0.05, 0) is 26.8 Å². The fourth-order valence-electron chi connectivity index (χ4n) is 2.01. The minimum absolute atomic E-state index is 0.0621. The van der Waals surface area contributed by atoms with Crippen molar-refractivity contribution in [2.45, 2.75) is 39.2 Å². The molecular formula is C13H25N3O2. The Bertz CT molecular complexity index is 294. The van der Waals surface area contributed by atoms with E-state index >= 15 is 0 Å². The topological polar surface area (TPSA) is 52.7 Å². The van der Waals surface area contributed by atoms with Crippen molar-refractivity contribution in [3.8, 4) is 0 Å². The van der Waals surface area contributed by atoms with Gasteiger partial charge < -0.3 is 10.2 Å². The molecule has 2 amide bonds. The molecule has 1 aliphatic rings. The van der Waals surface area contributed by atoms with Crippen LogP contribution in [0.4, 0.5) is 0 Å². The van der Waals surface area contributed by atoms with Crippen molar-refractivity contribution in [3.63, 3.8) is 0 Å². The maximum atomic E-state index is 11.8. The molecule has 1 fully saturated rings. The van der Waals surface area contributed by atoms with Gasteiger partial charge in [-0.2, -0.15) is 0 Å². The molecule has 0 saturated carbocycles. The Labute approximate surface area is 110 Å². The summed E-state index contributed by atoms with van der Waals surface area (Å²) in [5, 5.41) is 2.89. The molecule has 1 unspecified atom stereocenters. The van der Waals surface area contributed by atoms with E-state index < -0.39 is 0 Å². The fraction of sp³-hybridized carbons (Fsp3) is 0.846. The van der Waals surface area contributed by atoms with Crippen LogP contribution in [0, 0.1) is 0 Å². The summed E-state index contributed by atoms with van der Waals surface area (Å²) < 4.78 is 0. The third kappa shape index (κ3) is 4.29. The lowest BCUT2D eigenvalue weighted by atomic mass is 10.2. The molecular weight excluding hydrogens is 230 g/mol. The second kappa shape index (κ2) is 7.36. The molecule has 0 aromatic heterocycles. The van der Waals surface area contributed by atoms with Crippen LogP contribution in [0.5, 0.6) is 0 Å². The van der Waals surface area contributed by atoms with Crippen molar-refractivity contribution in [1.29, 1.82) is 0 Å². The highest BCUT2D eigenvalue weighted by atomic mass is 16.2. The second-order valence-corrected chi connectivity index (χ2v) is 4.93. The number of hydrogen-bond acceptors (Lipinski definition) is 3. The van der Waals surface area contributed by atoms with E-state index in [1.807, 2.05) is 30.7 Å². The maximum absolute atomic E-state index is 11.8. The lowest BCUT2D eigenvalue weighted by Crippen LogP contribution is -2.46. The summed E-state index contributed by atoms with van der Waals surface area (Å²) >= 11 is 0. The number of amides is 2. The molecule has 1 saturated heterocycles. The predicted octanol–water partition coefficient (Wildman–Crippen LogP) is 0.455. The number of nitrogens with one attached hydrogen (secondary N) is 1. The molecule has 0 aliphatic carbocycles. The molecule has 1 N–H and O–H groups in total. The summed E-state index contributed by atoms with van der Waals surface area (Å²) in [6.45, 7) is 6.99. The number of hydrogen-bond donors (Lipinski definition) is 1. The van der Waals surface area contributed by atoms with Gasteiger partial charge in [0.1, 0.15) is 0 Å². The third-order valence-electron chi connectivity index (χ3n) is 3.48. The molecule has 5 heteroatoms. The maximum Gasteiger partial charge on any atom is 0.237 e. The van der Waals surface area contributed by atoms with Gasteiger partial charge in [0.2, 0.25) is 11.8 Å². The monoisotopic (exact) mass is 255 g/mol. The number of nitrogens with zero attached hydrogens (tertiary/aromatic N) is 2. The van der Waals surface area contributed by atoms with Crippen LogP contribution in [0.15, 0.2) is 0 Å². The minimum Gasteiger partial charge on any atom is -0.355 e. The van der Waals surface area contributed by atoms with Gasteiger partial charge in [0.05, 0.1) is 6.04 Å². The molecule has 1 aliphatic heterocycles. The van der Waals surface area contributed by atoms with Gasteiger partial charge in [0.25, 0.3) is 0 Å². The van der Waals surface area contributed by atoms with Gasteiger partial charge in [-0.3, -0.25) is 14.5 Å². The van der Waals surface area contributed by atoms with Crippen molar-refractivity contribution in [2.24, 2.45) is 0 Å². The zero-order valence-electron chi connectivity index (χ0n) is 11.7. The van der Waals surface area contributed by atoms with E-state index in [1.54, 1.807) is 0 Å². The SMILES string of the molecule is CCCNC(=O)C(C)N(C)CCN1CCCC1=O. The summed E-state index contributed by atoms with van der Waals surface area (Å²) in [6, 6.07) is -0.144. The second-order valence-electron chi connectivity index (χ2n) is 4.93. The van der Waals surface area contributed by atoms with Gasteiger partial charge >= 0.3 is 0 Å². The first-order valence-electron chi connectivity index (χ1n) is 6.82. The summed E-state index contributed by atoms with van der Waals surface area (Å²) in [7, 11) is 1.93. The zero-order chi connectivity index (χ0) is 13.5. The van der Waals surface area contributed by atoms with Gasteiger partial charge in [0.15, 0.2) is 0 Å². The summed E-state index contributed by atoms with van der Waals surface area (Å²) in [6.07, 6.45) is 2.59. The molecule has 18 heavy (non-hydrogen) atoms. The Hall–Kier alpha value is -1.10. The molecule has 0 aromatic rings. The molecule has 0 radical (unpaired) electrons. The van der Waals surface area contributed by atoms with E-state index in [0.29, 0.717) is 6.42 Å². The van der Waals surface area contributed by atoms with Crippen LogP contribution in [0.25, 0.3) is 0 Å². The van der Waals surface area contributed by atoms with Crippen LogP contribution in [0.3, 0.4) is 0 Å². The molecule has 104 valence electrons. The first kappa shape index (κ1) is 15.0. The lowest BCUT2D eigenvalue weighted by molar-refractivity contribution is -0.128. The summed E-state index contributed by atoms with van der Waals surface area (Å²) in [5.74, 6) is 0.304. The highest BCUT2D eigenvalue weighted by molar-refractivity contribution is 5.81. The first-order chi connectivity index (χ1) is 8.56. The van der Waals surface area contributed by atoms with E-state index in [2.05, 4.69) is 5.32 Å². The third-order valence-corrected chi connectivity index (χ3v) is 3.48. The Morgan fingerprint density at radius 1 is 1.56 bits per heavy atom. The average molecular weight is 255 g/mol. The summed E-state index contributed by atoms with van der Waals surface area (Å²) in [5.41, 5.74) is 0. The molecule has 1 heterocycles. The highest BCUT2D eigenvalue weighted by Gasteiger charge is 2.22. The molecule has 1 rings (SSSR count). The predicted molar refractivity (Wildman–Crippen MR) is 71.2 cm³/mol. The number of carbonyl (C=O) groups excluding carboxylic acids is 2. The van der Waals surface area contributed by atoms with Crippen LogP contribution in [0.2, 0.25) is 0 Å². The van der Waals surface area contributed by atoms with E-state index in [9.17, 15) is 9.59 Å². The van der Waals surface area contributed by atoms with Crippen molar-refractivity contribution in [1.82, 2.24) is 15.1 Å². The molecule has 0 aromatic carbocycles. The standard InChI is InChI=1S/C13H25N3O2/c1-4-7-14-13(18)11(2)15(3)9-10-16-8-5-6-12(16)17/h11H,4-10H2,1-3H3,(H,14,18). The molecule has 1 atom stereocenters. The molecule has 5 nitrogen and oxygen atoms in total. The van der Waals surface area contributed by atoms with E-state index in [1.165, 1.54) is 0 Å². The van der Waals surface area contributed by atoms with Crippen molar-refractivity contribution in [3.05, 3.63) is 0 Å². The van der Waals surface area contributed by atoms with Crippen molar-refractivity contribution in [2.75, 3.05) is 33.2 Å². The van der Waals surface area contributed by atoms with E-state index in [4.69, 9.17) is 0 Å². The zero-order valence-corrected chi connectivity index (χ0v) is 11.7. The number of carbonyl (C=O) groups is 2. The quantitative estimate of drug-likeness (QED) is 0.719. The number of likely N-dealkylation sites (N-methyl/N-ethyl adjacent to an activating group) is 1. The Morgan fingerprint density at radius 2 is 2.28 bits per heavy atom. The average Bonchev–Trinajstić information content (AvgIpc) is 2.77. The van der Waals surface area contributed by atoms with E-state index in [-0.39, 0.29) is 17.9 Å².